The number of nitriles is 1. The Morgan fingerprint density at radius 1 is 1.11 bits per heavy atom. The van der Waals surface area contributed by atoms with Crippen LogP contribution in [0.4, 0.5) is 5.82 Å². The fourth-order valence-electron chi connectivity index (χ4n) is 3.46. The number of nitrogens with zero attached hydrogens (tertiary/aromatic N) is 2. The fourth-order valence-corrected chi connectivity index (χ4v) is 3.46. The minimum absolute atomic E-state index is 0.0793. The van der Waals surface area contributed by atoms with E-state index >= 15 is 0 Å². The number of ether oxygens (including phenoxy) is 1. The third-order valence-corrected chi connectivity index (χ3v) is 4.92. The third kappa shape index (κ3) is 3.40. The van der Waals surface area contributed by atoms with Crippen LogP contribution < -0.4 is 10.1 Å². The molecular formula is C23H20N4O. The molecule has 1 unspecified atom stereocenters. The van der Waals surface area contributed by atoms with Crippen LogP contribution in [-0.4, -0.2) is 23.6 Å². The summed E-state index contributed by atoms with van der Waals surface area (Å²) in [6.07, 6.45) is 3.75. The second-order valence-corrected chi connectivity index (χ2v) is 6.51. The molecule has 0 saturated carbocycles. The van der Waals surface area contributed by atoms with Gasteiger partial charge in [-0.2, -0.15) is 5.26 Å². The number of para-hydroxylation sites is 1. The highest BCUT2D eigenvalue weighted by Gasteiger charge is 2.19. The minimum Gasteiger partial charge on any atom is -0.497 e. The Labute approximate surface area is 163 Å². The summed E-state index contributed by atoms with van der Waals surface area (Å²) in [4.78, 5) is 7.69. The second kappa shape index (κ2) is 7.85. The predicted octanol–water partition coefficient (Wildman–Crippen LogP) is 4.69. The van der Waals surface area contributed by atoms with Crippen molar-refractivity contribution in [2.24, 2.45) is 0 Å². The average molecular weight is 368 g/mol. The van der Waals surface area contributed by atoms with E-state index in [4.69, 9.17) is 4.74 Å². The molecule has 0 spiro atoms. The average Bonchev–Trinajstić information content (AvgIpc) is 3.19. The van der Waals surface area contributed by atoms with Crippen molar-refractivity contribution in [2.45, 2.75) is 5.92 Å². The lowest BCUT2D eigenvalue weighted by atomic mass is 9.90. The number of pyridine rings is 1. The number of hydrogen-bond acceptors (Lipinski definition) is 4. The van der Waals surface area contributed by atoms with Gasteiger partial charge in [-0.1, -0.05) is 30.3 Å². The van der Waals surface area contributed by atoms with Gasteiger partial charge >= 0.3 is 0 Å². The van der Waals surface area contributed by atoms with Gasteiger partial charge in [0.05, 0.1) is 12.7 Å². The molecule has 2 aromatic carbocycles. The normalized spacial score (nSPS) is 11.7. The molecular weight excluding hydrogens is 348 g/mol. The summed E-state index contributed by atoms with van der Waals surface area (Å²) in [5.74, 6) is 1.50. The van der Waals surface area contributed by atoms with Crippen LogP contribution in [0, 0.1) is 11.3 Å². The van der Waals surface area contributed by atoms with Crippen molar-refractivity contribution in [3.63, 3.8) is 0 Å². The van der Waals surface area contributed by atoms with Crippen LogP contribution in [-0.2, 0) is 0 Å². The molecule has 0 aliphatic heterocycles. The molecule has 5 heteroatoms. The molecule has 0 radical (unpaired) electrons. The van der Waals surface area contributed by atoms with E-state index in [0.717, 1.165) is 16.8 Å². The molecule has 2 heterocycles. The molecule has 0 fully saturated rings. The molecule has 4 rings (SSSR count). The SMILES string of the molecule is COc1ccc(C(CNc2ncccc2C#N)c2c[nH]c3ccccc23)cc1. The van der Waals surface area contributed by atoms with Gasteiger partial charge in [-0.05, 0) is 41.5 Å². The molecule has 0 aliphatic carbocycles. The van der Waals surface area contributed by atoms with E-state index < -0.39 is 0 Å². The van der Waals surface area contributed by atoms with E-state index in [1.165, 1.54) is 10.9 Å². The monoisotopic (exact) mass is 368 g/mol. The summed E-state index contributed by atoms with van der Waals surface area (Å²) >= 11 is 0. The molecule has 0 aliphatic rings. The van der Waals surface area contributed by atoms with Crippen molar-refractivity contribution in [3.8, 4) is 11.8 Å². The van der Waals surface area contributed by atoms with E-state index in [0.29, 0.717) is 17.9 Å². The Morgan fingerprint density at radius 3 is 2.71 bits per heavy atom. The number of anilines is 1. The summed E-state index contributed by atoms with van der Waals surface area (Å²) in [5.41, 5.74) is 4.00. The molecule has 0 amide bonds. The highest BCUT2D eigenvalue weighted by molar-refractivity contribution is 5.84. The summed E-state index contributed by atoms with van der Waals surface area (Å²) in [5, 5.41) is 13.9. The van der Waals surface area contributed by atoms with Crippen LogP contribution in [0.3, 0.4) is 0 Å². The maximum Gasteiger partial charge on any atom is 0.143 e. The van der Waals surface area contributed by atoms with Crippen molar-refractivity contribution in [1.82, 2.24) is 9.97 Å². The van der Waals surface area contributed by atoms with Crippen LogP contribution in [0.2, 0.25) is 0 Å². The largest absolute Gasteiger partial charge is 0.497 e. The van der Waals surface area contributed by atoms with Gasteiger partial charge in [0.25, 0.3) is 0 Å². The first-order valence-electron chi connectivity index (χ1n) is 9.09. The van der Waals surface area contributed by atoms with Gasteiger partial charge in [-0.3, -0.25) is 0 Å². The van der Waals surface area contributed by atoms with E-state index in [9.17, 15) is 5.26 Å². The number of benzene rings is 2. The number of H-pyrrole nitrogens is 1. The van der Waals surface area contributed by atoms with E-state index in [-0.39, 0.29) is 5.92 Å². The first kappa shape index (κ1) is 17.6. The van der Waals surface area contributed by atoms with Crippen molar-refractivity contribution < 1.29 is 4.74 Å². The Bertz CT molecular complexity index is 1130. The number of hydrogen-bond donors (Lipinski definition) is 2. The molecule has 1 atom stereocenters. The second-order valence-electron chi connectivity index (χ2n) is 6.51. The van der Waals surface area contributed by atoms with Crippen molar-refractivity contribution in [3.05, 3.63) is 89.7 Å². The Hall–Kier alpha value is -3.78. The van der Waals surface area contributed by atoms with Gasteiger partial charge < -0.3 is 15.0 Å². The zero-order valence-corrected chi connectivity index (χ0v) is 15.5. The maximum atomic E-state index is 9.33. The molecule has 0 bridgehead atoms. The Balaban J connectivity index is 1.72. The van der Waals surface area contributed by atoms with Gasteiger partial charge in [0.2, 0.25) is 0 Å². The minimum atomic E-state index is 0.0793. The van der Waals surface area contributed by atoms with Gasteiger partial charge in [0.1, 0.15) is 17.6 Å². The van der Waals surface area contributed by atoms with Crippen LogP contribution in [0.5, 0.6) is 5.75 Å². The van der Waals surface area contributed by atoms with Crippen LogP contribution in [0.15, 0.2) is 73.1 Å². The summed E-state index contributed by atoms with van der Waals surface area (Å²) in [6, 6.07) is 22.1. The number of rotatable bonds is 6. The number of aromatic nitrogens is 2. The topological polar surface area (TPSA) is 73.7 Å². The van der Waals surface area contributed by atoms with Crippen molar-refractivity contribution in [2.75, 3.05) is 19.0 Å². The molecule has 2 aromatic heterocycles. The number of methoxy groups -OCH3 is 1. The van der Waals surface area contributed by atoms with Crippen LogP contribution in [0.1, 0.15) is 22.6 Å². The third-order valence-electron chi connectivity index (χ3n) is 4.92. The zero-order valence-electron chi connectivity index (χ0n) is 15.5. The van der Waals surface area contributed by atoms with Crippen LogP contribution >= 0.6 is 0 Å². The fraction of sp³-hybridized carbons (Fsp3) is 0.130. The molecule has 28 heavy (non-hydrogen) atoms. The number of nitrogens with one attached hydrogen (secondary N) is 2. The highest BCUT2D eigenvalue weighted by atomic mass is 16.5. The van der Waals surface area contributed by atoms with Crippen LogP contribution in [0.25, 0.3) is 10.9 Å². The standard InChI is InChI=1S/C23H20N4O/c1-28-18-10-8-16(9-11-18)20(14-27-23-17(13-24)5-4-12-25-23)21-15-26-22-7-3-2-6-19(21)22/h2-12,15,20,26H,14H2,1H3,(H,25,27). The van der Waals surface area contributed by atoms with Gasteiger partial charge in [0.15, 0.2) is 0 Å². The summed E-state index contributed by atoms with van der Waals surface area (Å²) in [7, 11) is 1.66. The first-order chi connectivity index (χ1) is 13.8. The van der Waals surface area contributed by atoms with Gasteiger partial charge in [-0.25, -0.2) is 4.98 Å². The molecule has 4 aromatic rings. The molecule has 2 N–H and O–H groups in total. The van der Waals surface area contributed by atoms with E-state index in [1.807, 2.05) is 24.3 Å². The van der Waals surface area contributed by atoms with Gasteiger partial charge in [-0.15, -0.1) is 0 Å². The highest BCUT2D eigenvalue weighted by Crippen LogP contribution is 2.32. The Kier molecular flexibility index (Phi) is 4.94. The first-order valence-corrected chi connectivity index (χ1v) is 9.09. The maximum absolute atomic E-state index is 9.33. The zero-order chi connectivity index (χ0) is 19.3. The van der Waals surface area contributed by atoms with Crippen molar-refractivity contribution >= 4 is 16.7 Å². The quantitative estimate of drug-likeness (QED) is 0.518. The Morgan fingerprint density at radius 2 is 1.93 bits per heavy atom. The smallest absolute Gasteiger partial charge is 0.143 e. The lowest BCUT2D eigenvalue weighted by Crippen LogP contribution is -2.15. The predicted molar refractivity (Wildman–Crippen MR) is 111 cm³/mol. The van der Waals surface area contributed by atoms with E-state index in [1.54, 1.807) is 25.4 Å². The van der Waals surface area contributed by atoms with Crippen molar-refractivity contribution in [1.29, 1.82) is 5.26 Å². The summed E-state index contributed by atoms with van der Waals surface area (Å²) < 4.78 is 5.30. The lowest BCUT2D eigenvalue weighted by Gasteiger charge is -2.19. The molecule has 0 saturated heterocycles. The number of fused-ring (bicyclic) bond motifs is 1. The number of aromatic amines is 1. The van der Waals surface area contributed by atoms with Gasteiger partial charge in [0, 0.05) is 35.8 Å². The van der Waals surface area contributed by atoms with E-state index in [2.05, 4.69) is 51.8 Å². The lowest BCUT2D eigenvalue weighted by molar-refractivity contribution is 0.414. The molecule has 138 valence electrons. The summed E-state index contributed by atoms with van der Waals surface area (Å²) in [6.45, 7) is 0.611. The molecule has 5 nitrogen and oxygen atoms in total.